The standard InChI is InChI=1S/C9H7IN4O2S/c10-5-4-12-13-7(5)9(15)16-14-8(11)6-2-1-3-17-6/h1-4H,(H2,11,14)(H,12,13). The van der Waals surface area contributed by atoms with Crippen molar-refractivity contribution < 1.29 is 9.63 Å². The minimum atomic E-state index is -0.619. The van der Waals surface area contributed by atoms with Gasteiger partial charge in [0.05, 0.1) is 14.6 Å². The lowest BCUT2D eigenvalue weighted by Gasteiger charge is -1.97. The molecule has 0 unspecified atom stereocenters. The molecule has 0 amide bonds. The molecule has 3 N–H and O–H groups in total. The Morgan fingerprint density at radius 3 is 3.06 bits per heavy atom. The number of amidine groups is 1. The molecule has 8 heteroatoms. The number of aromatic nitrogens is 2. The van der Waals surface area contributed by atoms with Gasteiger partial charge in [0.2, 0.25) is 0 Å². The van der Waals surface area contributed by atoms with Crippen LogP contribution in [-0.4, -0.2) is 22.0 Å². The fourth-order valence-corrected chi connectivity index (χ4v) is 2.12. The van der Waals surface area contributed by atoms with Crippen LogP contribution in [-0.2, 0) is 4.84 Å². The highest BCUT2D eigenvalue weighted by Gasteiger charge is 2.14. The average molecular weight is 362 g/mol. The average Bonchev–Trinajstić information content (AvgIpc) is 2.95. The van der Waals surface area contributed by atoms with E-state index in [0.717, 1.165) is 4.88 Å². The lowest BCUT2D eigenvalue weighted by atomic mass is 10.4. The number of carbonyl (C=O) groups is 1. The zero-order valence-electron chi connectivity index (χ0n) is 8.38. The second-order valence-electron chi connectivity index (χ2n) is 2.93. The number of hydrogen-bond donors (Lipinski definition) is 2. The number of oxime groups is 1. The molecule has 0 aliphatic heterocycles. The number of nitrogens with zero attached hydrogens (tertiary/aromatic N) is 2. The summed E-state index contributed by atoms with van der Waals surface area (Å²) in [4.78, 5) is 17.0. The van der Waals surface area contributed by atoms with Crippen molar-refractivity contribution in [2.45, 2.75) is 0 Å². The van der Waals surface area contributed by atoms with Gasteiger partial charge in [0.25, 0.3) is 0 Å². The molecule has 0 aliphatic carbocycles. The second-order valence-corrected chi connectivity index (χ2v) is 5.04. The van der Waals surface area contributed by atoms with Crippen LogP contribution in [0.1, 0.15) is 15.4 Å². The molecule has 0 saturated heterocycles. The van der Waals surface area contributed by atoms with E-state index in [1.807, 2.05) is 34.0 Å². The minimum Gasteiger partial charge on any atom is -0.380 e. The van der Waals surface area contributed by atoms with Crippen molar-refractivity contribution in [2.24, 2.45) is 10.9 Å². The van der Waals surface area contributed by atoms with Crippen LogP contribution in [0.4, 0.5) is 0 Å². The van der Waals surface area contributed by atoms with Gasteiger partial charge >= 0.3 is 5.97 Å². The number of H-pyrrole nitrogens is 1. The Balaban J connectivity index is 2.06. The number of halogens is 1. The Morgan fingerprint density at radius 2 is 2.47 bits per heavy atom. The van der Waals surface area contributed by atoms with Crippen molar-refractivity contribution in [1.29, 1.82) is 0 Å². The first-order valence-electron chi connectivity index (χ1n) is 4.46. The maximum absolute atomic E-state index is 11.5. The third kappa shape index (κ3) is 2.82. The maximum Gasteiger partial charge on any atom is 0.384 e. The number of aromatic amines is 1. The summed E-state index contributed by atoms with van der Waals surface area (Å²) in [6, 6.07) is 3.62. The van der Waals surface area contributed by atoms with Crippen molar-refractivity contribution in [3.05, 3.63) is 37.9 Å². The zero-order valence-corrected chi connectivity index (χ0v) is 11.4. The summed E-state index contributed by atoms with van der Waals surface area (Å²) in [7, 11) is 0. The van der Waals surface area contributed by atoms with Gasteiger partial charge in [-0.25, -0.2) is 4.79 Å². The molecule has 0 atom stereocenters. The van der Waals surface area contributed by atoms with Gasteiger partial charge in [0.1, 0.15) is 0 Å². The van der Waals surface area contributed by atoms with Gasteiger partial charge in [0, 0.05) is 0 Å². The Bertz CT molecular complexity index is 549. The van der Waals surface area contributed by atoms with Crippen LogP contribution in [0.2, 0.25) is 0 Å². The third-order valence-electron chi connectivity index (χ3n) is 1.80. The number of nitrogens with one attached hydrogen (secondary N) is 1. The Morgan fingerprint density at radius 1 is 1.65 bits per heavy atom. The van der Waals surface area contributed by atoms with Crippen LogP contribution in [0.3, 0.4) is 0 Å². The molecule has 0 fully saturated rings. The van der Waals surface area contributed by atoms with E-state index in [0.29, 0.717) is 3.57 Å². The summed E-state index contributed by atoms with van der Waals surface area (Å²) >= 11 is 3.38. The summed E-state index contributed by atoms with van der Waals surface area (Å²) in [5.74, 6) is -0.450. The molecule has 0 spiro atoms. The molecule has 88 valence electrons. The quantitative estimate of drug-likeness (QED) is 0.285. The molecule has 6 nitrogen and oxygen atoms in total. The van der Waals surface area contributed by atoms with E-state index in [-0.39, 0.29) is 11.5 Å². The normalized spacial score (nSPS) is 11.5. The van der Waals surface area contributed by atoms with Gasteiger partial charge in [-0.3, -0.25) is 5.10 Å². The molecule has 0 aromatic carbocycles. The van der Waals surface area contributed by atoms with Crippen LogP contribution < -0.4 is 5.73 Å². The highest BCUT2D eigenvalue weighted by molar-refractivity contribution is 14.1. The second kappa shape index (κ2) is 5.27. The van der Waals surface area contributed by atoms with Crippen LogP contribution in [0, 0.1) is 3.57 Å². The fraction of sp³-hybridized carbons (Fsp3) is 0. The smallest absolute Gasteiger partial charge is 0.380 e. The van der Waals surface area contributed by atoms with Crippen LogP contribution in [0.5, 0.6) is 0 Å². The van der Waals surface area contributed by atoms with E-state index >= 15 is 0 Å². The van der Waals surface area contributed by atoms with E-state index in [4.69, 9.17) is 10.6 Å². The summed E-state index contributed by atoms with van der Waals surface area (Å²) in [5.41, 5.74) is 5.89. The van der Waals surface area contributed by atoms with Gasteiger partial charge in [-0.2, -0.15) is 5.10 Å². The predicted molar refractivity (Wildman–Crippen MR) is 71.8 cm³/mol. The summed E-state index contributed by atoms with van der Waals surface area (Å²) < 4.78 is 0.664. The molecule has 0 radical (unpaired) electrons. The monoisotopic (exact) mass is 362 g/mol. The Labute approximate surface area is 114 Å². The van der Waals surface area contributed by atoms with E-state index in [9.17, 15) is 4.79 Å². The fourth-order valence-electron chi connectivity index (χ4n) is 1.02. The third-order valence-corrected chi connectivity index (χ3v) is 3.51. The van der Waals surface area contributed by atoms with Crippen molar-refractivity contribution in [1.82, 2.24) is 10.2 Å². The summed E-state index contributed by atoms with van der Waals surface area (Å²) in [5, 5.41) is 11.7. The SMILES string of the molecule is N/C(=N\OC(=O)c1[nH]ncc1I)c1cccs1. The van der Waals surface area contributed by atoms with Crippen LogP contribution in [0.15, 0.2) is 28.9 Å². The number of nitrogens with two attached hydrogens (primary N) is 1. The first-order chi connectivity index (χ1) is 8.18. The van der Waals surface area contributed by atoms with E-state index < -0.39 is 5.97 Å². The first kappa shape index (κ1) is 12.0. The highest BCUT2D eigenvalue weighted by Crippen LogP contribution is 2.10. The number of carbonyl (C=O) groups excluding carboxylic acids is 1. The predicted octanol–water partition coefficient (Wildman–Crippen LogP) is 1.55. The lowest BCUT2D eigenvalue weighted by Crippen LogP contribution is -2.14. The molecule has 17 heavy (non-hydrogen) atoms. The molecule has 2 heterocycles. The molecular formula is C9H7IN4O2S. The summed E-state index contributed by atoms with van der Waals surface area (Å²) in [6.45, 7) is 0. The lowest BCUT2D eigenvalue weighted by molar-refractivity contribution is 0.0508. The van der Waals surface area contributed by atoms with Gasteiger partial charge in [0.15, 0.2) is 11.5 Å². The minimum absolute atomic E-state index is 0.169. The molecule has 0 bridgehead atoms. The Kier molecular flexibility index (Phi) is 3.74. The van der Waals surface area contributed by atoms with Crippen molar-refractivity contribution in [2.75, 3.05) is 0 Å². The molecule has 0 saturated carbocycles. The van der Waals surface area contributed by atoms with Crippen molar-refractivity contribution in [3.63, 3.8) is 0 Å². The molecular weight excluding hydrogens is 355 g/mol. The molecule has 2 rings (SSSR count). The first-order valence-corrected chi connectivity index (χ1v) is 6.42. The molecule has 2 aromatic rings. The van der Waals surface area contributed by atoms with Gasteiger partial charge < -0.3 is 10.6 Å². The van der Waals surface area contributed by atoms with E-state index in [1.165, 1.54) is 17.5 Å². The largest absolute Gasteiger partial charge is 0.384 e. The number of hydrogen-bond acceptors (Lipinski definition) is 5. The van der Waals surface area contributed by atoms with E-state index in [1.54, 1.807) is 6.07 Å². The van der Waals surface area contributed by atoms with Crippen LogP contribution >= 0.6 is 33.9 Å². The van der Waals surface area contributed by atoms with Gasteiger partial charge in [-0.05, 0) is 34.0 Å². The highest BCUT2D eigenvalue weighted by atomic mass is 127. The van der Waals surface area contributed by atoms with Crippen molar-refractivity contribution in [3.8, 4) is 0 Å². The van der Waals surface area contributed by atoms with Crippen LogP contribution in [0.25, 0.3) is 0 Å². The summed E-state index contributed by atoms with van der Waals surface area (Å²) in [6.07, 6.45) is 1.52. The molecule has 0 aliphatic rings. The van der Waals surface area contributed by atoms with Gasteiger partial charge in [-0.1, -0.05) is 11.2 Å². The maximum atomic E-state index is 11.5. The van der Waals surface area contributed by atoms with Crippen molar-refractivity contribution >= 4 is 45.7 Å². The number of thiophene rings is 1. The molecule has 2 aromatic heterocycles. The van der Waals surface area contributed by atoms with Gasteiger partial charge in [-0.15, -0.1) is 11.3 Å². The topological polar surface area (TPSA) is 93.4 Å². The Hall–Kier alpha value is -1.42. The van der Waals surface area contributed by atoms with E-state index in [2.05, 4.69) is 15.4 Å². The number of rotatable bonds is 3. The zero-order chi connectivity index (χ0) is 12.3.